The van der Waals surface area contributed by atoms with E-state index in [1.807, 2.05) is 0 Å². The molecule has 0 fully saturated rings. The van der Waals surface area contributed by atoms with E-state index in [1.54, 1.807) is 23.0 Å². The van der Waals surface area contributed by atoms with Crippen LogP contribution in [0.4, 0.5) is 5.82 Å². The molecule has 0 aromatic carbocycles. The largest absolute Gasteiger partial charge is 0.383 e. The summed E-state index contributed by atoms with van der Waals surface area (Å²) in [4.78, 5) is 14.0. The van der Waals surface area contributed by atoms with Crippen LogP contribution in [0.1, 0.15) is 24.1 Å². The number of thiazole rings is 1. The van der Waals surface area contributed by atoms with Gasteiger partial charge in [-0.1, -0.05) is 0 Å². The standard InChI is InChI=1S/C11H12N4S/c12-10-7-3-1-2-4-8(7)14-11(15-10)9-5-13-6-16-9/h5-6H,1-4H2,(H2,12,14,15). The van der Waals surface area contributed by atoms with Gasteiger partial charge in [0.25, 0.3) is 0 Å². The van der Waals surface area contributed by atoms with E-state index in [-0.39, 0.29) is 0 Å². The van der Waals surface area contributed by atoms with Gasteiger partial charge in [-0.25, -0.2) is 9.97 Å². The second-order valence-electron chi connectivity index (χ2n) is 3.93. The third kappa shape index (κ3) is 1.57. The molecule has 1 aliphatic rings. The van der Waals surface area contributed by atoms with Gasteiger partial charge in [0, 0.05) is 17.5 Å². The fourth-order valence-electron chi connectivity index (χ4n) is 2.06. The van der Waals surface area contributed by atoms with E-state index in [2.05, 4.69) is 15.0 Å². The molecule has 2 aromatic heterocycles. The Labute approximate surface area is 97.6 Å². The van der Waals surface area contributed by atoms with Crippen LogP contribution >= 0.6 is 11.3 Å². The highest BCUT2D eigenvalue weighted by molar-refractivity contribution is 7.13. The van der Waals surface area contributed by atoms with Gasteiger partial charge in [-0.2, -0.15) is 0 Å². The third-order valence-electron chi connectivity index (χ3n) is 2.87. The molecule has 82 valence electrons. The van der Waals surface area contributed by atoms with Gasteiger partial charge in [0.05, 0.1) is 10.4 Å². The van der Waals surface area contributed by atoms with Crippen LogP contribution in [0.2, 0.25) is 0 Å². The highest BCUT2D eigenvalue weighted by Gasteiger charge is 2.17. The molecule has 0 aliphatic heterocycles. The molecule has 2 N–H and O–H groups in total. The van der Waals surface area contributed by atoms with Crippen LogP contribution in [0.25, 0.3) is 10.7 Å². The number of anilines is 1. The molecule has 0 atom stereocenters. The Kier molecular flexibility index (Phi) is 2.32. The lowest BCUT2D eigenvalue weighted by atomic mass is 9.96. The molecule has 0 saturated heterocycles. The molecule has 4 nitrogen and oxygen atoms in total. The molecule has 3 rings (SSSR count). The van der Waals surface area contributed by atoms with Gasteiger partial charge in [0.2, 0.25) is 0 Å². The van der Waals surface area contributed by atoms with Gasteiger partial charge < -0.3 is 5.73 Å². The topological polar surface area (TPSA) is 64.7 Å². The lowest BCUT2D eigenvalue weighted by Crippen LogP contribution is -2.11. The summed E-state index contributed by atoms with van der Waals surface area (Å²) in [6.07, 6.45) is 6.22. The molecule has 2 aromatic rings. The Hall–Kier alpha value is -1.49. The van der Waals surface area contributed by atoms with Crippen molar-refractivity contribution in [2.45, 2.75) is 25.7 Å². The van der Waals surface area contributed by atoms with E-state index < -0.39 is 0 Å². The van der Waals surface area contributed by atoms with Crippen molar-refractivity contribution in [1.82, 2.24) is 15.0 Å². The zero-order valence-corrected chi connectivity index (χ0v) is 9.63. The van der Waals surface area contributed by atoms with Crippen LogP contribution in [-0.2, 0) is 12.8 Å². The molecule has 0 bridgehead atoms. The number of fused-ring (bicyclic) bond motifs is 1. The summed E-state index contributed by atoms with van der Waals surface area (Å²) in [6, 6.07) is 0. The Bertz CT molecular complexity index is 507. The maximum absolute atomic E-state index is 5.98. The Morgan fingerprint density at radius 1 is 1.19 bits per heavy atom. The Morgan fingerprint density at radius 2 is 2.06 bits per heavy atom. The zero-order valence-electron chi connectivity index (χ0n) is 8.81. The van der Waals surface area contributed by atoms with Crippen LogP contribution in [0.5, 0.6) is 0 Å². The number of nitrogens with two attached hydrogens (primary N) is 1. The van der Waals surface area contributed by atoms with Crippen molar-refractivity contribution in [3.05, 3.63) is 23.0 Å². The number of hydrogen-bond donors (Lipinski definition) is 1. The van der Waals surface area contributed by atoms with Gasteiger partial charge in [-0.05, 0) is 25.7 Å². The monoisotopic (exact) mass is 232 g/mol. The van der Waals surface area contributed by atoms with E-state index in [0.717, 1.165) is 34.8 Å². The zero-order chi connectivity index (χ0) is 11.0. The predicted octanol–water partition coefficient (Wildman–Crippen LogP) is 2.06. The Morgan fingerprint density at radius 3 is 2.88 bits per heavy atom. The molecule has 16 heavy (non-hydrogen) atoms. The van der Waals surface area contributed by atoms with Crippen molar-refractivity contribution in [1.29, 1.82) is 0 Å². The van der Waals surface area contributed by atoms with Crippen molar-refractivity contribution in [2.24, 2.45) is 0 Å². The van der Waals surface area contributed by atoms with Crippen molar-refractivity contribution in [2.75, 3.05) is 5.73 Å². The van der Waals surface area contributed by atoms with Crippen LogP contribution in [0, 0.1) is 0 Å². The summed E-state index contributed by atoms with van der Waals surface area (Å²) in [6.45, 7) is 0. The fourth-order valence-corrected chi connectivity index (χ4v) is 2.61. The van der Waals surface area contributed by atoms with Crippen LogP contribution < -0.4 is 5.73 Å². The normalized spacial score (nSPS) is 14.8. The van der Waals surface area contributed by atoms with Crippen LogP contribution in [0.15, 0.2) is 11.7 Å². The van der Waals surface area contributed by atoms with Crippen LogP contribution in [0.3, 0.4) is 0 Å². The molecule has 1 aliphatic carbocycles. The van der Waals surface area contributed by atoms with Crippen molar-refractivity contribution in [3.63, 3.8) is 0 Å². The molecule has 0 amide bonds. The van der Waals surface area contributed by atoms with Crippen LogP contribution in [-0.4, -0.2) is 15.0 Å². The molecule has 0 radical (unpaired) electrons. The molecular formula is C11H12N4S. The molecule has 0 unspecified atom stereocenters. The Balaban J connectivity index is 2.12. The summed E-state index contributed by atoms with van der Waals surface area (Å²) in [5, 5.41) is 0. The van der Waals surface area contributed by atoms with Crippen molar-refractivity contribution < 1.29 is 0 Å². The lowest BCUT2D eigenvalue weighted by Gasteiger charge is -2.16. The number of aromatic nitrogens is 3. The highest BCUT2D eigenvalue weighted by atomic mass is 32.1. The molecule has 5 heteroatoms. The van der Waals surface area contributed by atoms with Gasteiger partial charge in [-0.3, -0.25) is 4.98 Å². The van der Waals surface area contributed by atoms with Gasteiger partial charge in [0.1, 0.15) is 5.82 Å². The number of nitrogen functional groups attached to an aromatic ring is 1. The minimum absolute atomic E-state index is 0.646. The summed E-state index contributed by atoms with van der Waals surface area (Å²) in [5.41, 5.74) is 10.0. The summed E-state index contributed by atoms with van der Waals surface area (Å²) >= 11 is 1.54. The average molecular weight is 232 g/mol. The number of rotatable bonds is 1. The molecule has 2 heterocycles. The first-order chi connectivity index (χ1) is 7.84. The average Bonchev–Trinajstić information content (AvgIpc) is 2.82. The smallest absolute Gasteiger partial charge is 0.173 e. The third-order valence-corrected chi connectivity index (χ3v) is 3.64. The molecular weight excluding hydrogens is 220 g/mol. The maximum Gasteiger partial charge on any atom is 0.173 e. The second-order valence-corrected chi connectivity index (χ2v) is 4.82. The first kappa shape index (κ1) is 9.72. The SMILES string of the molecule is Nc1nc(-c2cncs2)nc2c1CCCC2. The first-order valence-electron chi connectivity index (χ1n) is 5.39. The number of nitrogens with zero attached hydrogens (tertiary/aromatic N) is 3. The maximum atomic E-state index is 5.98. The number of aryl methyl sites for hydroxylation is 1. The van der Waals surface area contributed by atoms with E-state index in [1.165, 1.54) is 12.8 Å². The minimum atomic E-state index is 0.646. The summed E-state index contributed by atoms with van der Waals surface area (Å²) in [7, 11) is 0. The van der Waals surface area contributed by atoms with E-state index in [4.69, 9.17) is 5.73 Å². The van der Waals surface area contributed by atoms with Gasteiger partial charge in [-0.15, -0.1) is 11.3 Å². The summed E-state index contributed by atoms with van der Waals surface area (Å²) in [5.74, 6) is 1.37. The highest BCUT2D eigenvalue weighted by Crippen LogP contribution is 2.27. The van der Waals surface area contributed by atoms with Gasteiger partial charge in [0.15, 0.2) is 5.82 Å². The summed E-state index contributed by atoms with van der Waals surface area (Å²) < 4.78 is 0. The predicted molar refractivity (Wildman–Crippen MR) is 64.2 cm³/mol. The van der Waals surface area contributed by atoms with E-state index >= 15 is 0 Å². The fraction of sp³-hybridized carbons (Fsp3) is 0.364. The first-order valence-corrected chi connectivity index (χ1v) is 6.26. The molecule has 0 spiro atoms. The number of hydrogen-bond acceptors (Lipinski definition) is 5. The van der Waals surface area contributed by atoms with Crippen molar-refractivity contribution in [3.8, 4) is 10.7 Å². The van der Waals surface area contributed by atoms with E-state index in [9.17, 15) is 0 Å². The minimum Gasteiger partial charge on any atom is -0.383 e. The van der Waals surface area contributed by atoms with E-state index in [0.29, 0.717) is 5.82 Å². The lowest BCUT2D eigenvalue weighted by molar-refractivity contribution is 0.666. The second kappa shape index (κ2) is 3.83. The molecule has 0 saturated carbocycles. The van der Waals surface area contributed by atoms with Crippen molar-refractivity contribution >= 4 is 17.2 Å². The van der Waals surface area contributed by atoms with Gasteiger partial charge >= 0.3 is 0 Å². The quantitative estimate of drug-likeness (QED) is 0.817.